The minimum Gasteiger partial charge on any atom is -0.748 e. The van der Waals surface area contributed by atoms with Crippen LogP contribution in [0, 0.1) is 0 Å². The molecule has 0 atom stereocenters. The number of benzene rings is 2. The lowest BCUT2D eigenvalue weighted by Crippen LogP contribution is -2.36. The van der Waals surface area contributed by atoms with Gasteiger partial charge in [-0.25, -0.2) is 8.42 Å². The third kappa shape index (κ3) is 7.10. The molecular weight excluding hydrogens is 557 g/mol. The first-order valence-electron chi connectivity index (χ1n) is 11.3. The van der Waals surface area contributed by atoms with Gasteiger partial charge >= 0.3 is 0 Å². The molecule has 0 unspecified atom stereocenters. The Labute approximate surface area is 224 Å². The van der Waals surface area contributed by atoms with Crippen LogP contribution < -0.4 is 21.1 Å². The summed E-state index contributed by atoms with van der Waals surface area (Å²) in [4.78, 5) is 3.03. The minimum atomic E-state index is -4.30. The molecule has 0 fully saturated rings. The molecule has 1 aromatic heterocycles. The van der Waals surface area contributed by atoms with Gasteiger partial charge in [0.05, 0.1) is 26.6 Å². The maximum Gasteiger partial charge on any atom is 0.283 e. The molecule has 4 rings (SSSR count). The molecule has 1 aliphatic heterocycles. The Bertz CT molecular complexity index is 1560. The van der Waals surface area contributed by atoms with Crippen LogP contribution in [-0.4, -0.2) is 39.4 Å². The predicted octanol–water partition coefficient (Wildman–Crippen LogP) is 2.49. The van der Waals surface area contributed by atoms with E-state index in [1.54, 1.807) is 0 Å². The lowest BCUT2D eigenvalue weighted by molar-refractivity contribution is -0.668. The average molecular weight is 583 g/mol. The molecule has 0 radical (unpaired) electrons. The summed E-state index contributed by atoms with van der Waals surface area (Å²) in [5, 5.41) is 1.66. The molecule has 2 heterocycles. The van der Waals surface area contributed by atoms with Crippen LogP contribution in [0.4, 0.5) is 5.69 Å². The van der Waals surface area contributed by atoms with Crippen LogP contribution in [0.2, 0.25) is 0 Å². The third-order valence-corrected chi connectivity index (χ3v) is 9.65. The van der Waals surface area contributed by atoms with Crippen LogP contribution in [0.15, 0.2) is 70.2 Å². The van der Waals surface area contributed by atoms with Crippen molar-refractivity contribution >= 4 is 65.3 Å². The van der Waals surface area contributed by atoms with E-state index in [-0.39, 0.29) is 12.2 Å². The minimum absolute atomic E-state index is 0.188. The zero-order valence-corrected chi connectivity index (χ0v) is 22.9. The molecule has 10 nitrogen and oxygen atoms in total. The van der Waals surface area contributed by atoms with Crippen molar-refractivity contribution in [3.8, 4) is 0 Å². The van der Waals surface area contributed by atoms with Crippen molar-refractivity contribution in [2.24, 2.45) is 11.6 Å². The van der Waals surface area contributed by atoms with Crippen LogP contribution >= 0.6 is 23.1 Å². The standard InChI is InChI=1S/C23H26N4O6S4/c24-17(15-22-26(11-5-13-36(28,29)30)18-7-1-3-9-20(18)34-22)16-23-27(12-6-14-37(31,32)33-25)19-8-2-4-10-21(19)35-23/h1-4,7-10,15-16,24H,5-6,11-14,25H2,(H,28,29,30). The highest BCUT2D eigenvalue weighted by atomic mass is 32.2. The third-order valence-electron chi connectivity index (χ3n) is 5.55. The first-order valence-corrected chi connectivity index (χ1v) is 16.0. The number of anilines is 1. The number of nitrogens with two attached hydrogens (primary N) is 2. The van der Waals surface area contributed by atoms with Crippen LogP contribution in [0.1, 0.15) is 17.8 Å². The van der Waals surface area contributed by atoms with Crippen LogP contribution in [0.5, 0.6) is 0 Å². The summed E-state index contributed by atoms with van der Waals surface area (Å²) in [6.07, 6.45) is 4.13. The van der Waals surface area contributed by atoms with Crippen LogP contribution in [0.3, 0.4) is 0 Å². The Morgan fingerprint density at radius 3 is 2.54 bits per heavy atom. The van der Waals surface area contributed by atoms with Gasteiger partial charge in [0, 0.05) is 41.5 Å². The van der Waals surface area contributed by atoms with Crippen molar-refractivity contribution in [1.29, 1.82) is 0 Å². The molecule has 198 valence electrons. The monoisotopic (exact) mass is 582 g/mol. The number of nitrogens with zero attached hydrogens (tertiary/aromatic N) is 2. The average Bonchev–Trinajstić information content (AvgIpc) is 3.36. The molecule has 3 aromatic rings. The number of thioether (sulfide) groups is 1. The molecular formula is C23H26N4O6S4. The fourth-order valence-corrected chi connectivity index (χ4v) is 7.32. The molecule has 1 aliphatic rings. The number of hydrogen-bond donors (Lipinski definition) is 2. The van der Waals surface area contributed by atoms with Gasteiger partial charge in [-0.2, -0.15) is 23.2 Å². The predicted molar refractivity (Wildman–Crippen MR) is 145 cm³/mol. The van der Waals surface area contributed by atoms with Crippen molar-refractivity contribution in [2.45, 2.75) is 24.3 Å². The highest BCUT2D eigenvalue weighted by Gasteiger charge is 2.26. The van der Waals surface area contributed by atoms with Gasteiger partial charge in [-0.1, -0.05) is 47.4 Å². The number of fused-ring (bicyclic) bond motifs is 2. The summed E-state index contributed by atoms with van der Waals surface area (Å²) >= 11 is 3.04. The first kappa shape index (κ1) is 27.6. The molecule has 0 saturated carbocycles. The summed E-state index contributed by atoms with van der Waals surface area (Å²) < 4.78 is 63.6. The summed E-state index contributed by atoms with van der Waals surface area (Å²) in [5.41, 5.74) is 8.80. The summed E-state index contributed by atoms with van der Waals surface area (Å²) in [7, 11) is -8.08. The fraction of sp³-hybridized carbons (Fsp3) is 0.261. The van der Waals surface area contributed by atoms with Gasteiger partial charge in [-0.3, -0.25) is 0 Å². The number of thiazole rings is 1. The van der Waals surface area contributed by atoms with E-state index in [4.69, 9.17) is 11.6 Å². The van der Waals surface area contributed by atoms with Gasteiger partial charge in [0.25, 0.3) is 15.1 Å². The quantitative estimate of drug-likeness (QED) is 0.195. The summed E-state index contributed by atoms with van der Waals surface area (Å²) in [5.74, 6) is 4.19. The van der Waals surface area contributed by atoms with E-state index in [0.717, 1.165) is 30.8 Å². The van der Waals surface area contributed by atoms with E-state index < -0.39 is 26.0 Å². The van der Waals surface area contributed by atoms with E-state index in [1.165, 1.54) is 23.1 Å². The topological polar surface area (TPSA) is 160 Å². The van der Waals surface area contributed by atoms with E-state index in [0.29, 0.717) is 25.2 Å². The number of aromatic nitrogens is 1. The Kier molecular flexibility index (Phi) is 8.58. The van der Waals surface area contributed by atoms with Gasteiger partial charge < -0.3 is 15.2 Å². The van der Waals surface area contributed by atoms with E-state index in [2.05, 4.69) is 4.28 Å². The normalized spacial score (nSPS) is 15.6. The molecule has 37 heavy (non-hydrogen) atoms. The second-order valence-electron chi connectivity index (χ2n) is 8.23. The summed E-state index contributed by atoms with van der Waals surface area (Å²) in [6, 6.07) is 15.5. The van der Waals surface area contributed by atoms with Crippen LogP contribution in [-0.2, 0) is 31.1 Å². The SMILES string of the molecule is NOS(=O)(=O)CCCN1C(=CC(N)=Cc2sc3ccccc3[n+]2CCCS(=O)(=O)[O-])Sc2ccccc21. The Hall–Kier alpha value is -2.46. The Balaban J connectivity index is 1.62. The van der Waals surface area contributed by atoms with Gasteiger partial charge in [-0.05, 0) is 30.7 Å². The lowest BCUT2D eigenvalue weighted by Gasteiger charge is -2.20. The van der Waals surface area contributed by atoms with Gasteiger partial charge in [0.15, 0.2) is 6.54 Å². The molecule has 0 bridgehead atoms. The summed E-state index contributed by atoms with van der Waals surface area (Å²) in [6.45, 7) is 0.767. The molecule has 0 saturated heterocycles. The van der Waals surface area contributed by atoms with Gasteiger partial charge in [0.1, 0.15) is 4.70 Å². The van der Waals surface area contributed by atoms with Crippen molar-refractivity contribution in [3.63, 3.8) is 0 Å². The zero-order valence-electron chi connectivity index (χ0n) is 19.6. The largest absolute Gasteiger partial charge is 0.748 e. The zero-order chi connectivity index (χ0) is 26.6. The van der Waals surface area contributed by atoms with Crippen molar-refractivity contribution < 1.29 is 30.2 Å². The van der Waals surface area contributed by atoms with Gasteiger partial charge in [-0.15, -0.1) is 0 Å². The highest BCUT2D eigenvalue weighted by Crippen LogP contribution is 2.46. The van der Waals surface area contributed by atoms with Crippen LogP contribution in [0.25, 0.3) is 16.3 Å². The number of para-hydroxylation sites is 2. The van der Waals surface area contributed by atoms with E-state index >= 15 is 0 Å². The van der Waals surface area contributed by atoms with Gasteiger partial charge in [0.2, 0.25) is 5.52 Å². The lowest BCUT2D eigenvalue weighted by atomic mass is 10.2. The highest BCUT2D eigenvalue weighted by molar-refractivity contribution is 8.03. The number of aryl methyl sites for hydroxylation is 1. The molecule has 0 spiro atoms. The second kappa shape index (κ2) is 11.5. The number of allylic oxidation sites excluding steroid dienone is 1. The van der Waals surface area contributed by atoms with E-state index in [1.807, 2.05) is 70.1 Å². The maximum absolute atomic E-state index is 11.7. The first-order chi connectivity index (χ1) is 17.6. The van der Waals surface area contributed by atoms with Crippen molar-refractivity contribution in [2.75, 3.05) is 23.0 Å². The molecule has 14 heteroatoms. The smallest absolute Gasteiger partial charge is 0.283 e. The molecule has 4 N–H and O–H groups in total. The van der Waals surface area contributed by atoms with E-state index in [9.17, 15) is 21.4 Å². The molecule has 0 amide bonds. The Morgan fingerprint density at radius 1 is 1.05 bits per heavy atom. The molecule has 2 aromatic carbocycles. The number of rotatable bonds is 11. The Morgan fingerprint density at radius 2 is 1.78 bits per heavy atom. The fourth-order valence-electron chi connectivity index (χ4n) is 3.96. The maximum atomic E-state index is 11.7. The molecule has 0 aliphatic carbocycles. The number of hydrogen-bond acceptors (Lipinski definition) is 11. The van der Waals surface area contributed by atoms with Crippen molar-refractivity contribution in [1.82, 2.24) is 0 Å². The second-order valence-corrected chi connectivity index (χ2v) is 13.6. The van der Waals surface area contributed by atoms with Crippen molar-refractivity contribution in [3.05, 3.63) is 70.3 Å².